The molecule has 1 fully saturated rings. The molecule has 0 spiro atoms. The summed E-state index contributed by atoms with van der Waals surface area (Å²) in [6.45, 7) is 7.32. The quantitative estimate of drug-likeness (QED) is 0.465. The van der Waals surface area contributed by atoms with Crippen LogP contribution in [0.1, 0.15) is 37.6 Å². The molecule has 33 heavy (non-hydrogen) atoms. The summed E-state index contributed by atoms with van der Waals surface area (Å²) in [6, 6.07) is 16.6. The Hall–Kier alpha value is -3.41. The van der Waals surface area contributed by atoms with E-state index in [4.69, 9.17) is 4.98 Å². The average Bonchev–Trinajstić information content (AvgIpc) is 3.20. The minimum Gasteiger partial charge on any atom is -0.370 e. The Morgan fingerprint density at radius 3 is 2.91 bits per heavy atom. The summed E-state index contributed by atoms with van der Waals surface area (Å²) in [5.74, 6) is 1.01. The largest absolute Gasteiger partial charge is 0.370 e. The van der Waals surface area contributed by atoms with Crippen LogP contribution in [0.3, 0.4) is 0 Å². The first kappa shape index (κ1) is 21.4. The van der Waals surface area contributed by atoms with Crippen molar-refractivity contribution in [2.45, 2.75) is 46.2 Å². The number of amides is 1. The van der Waals surface area contributed by atoms with Crippen molar-refractivity contribution >= 4 is 33.5 Å². The Morgan fingerprint density at radius 2 is 2.03 bits per heavy atom. The highest BCUT2D eigenvalue weighted by Gasteiger charge is 2.27. The first-order chi connectivity index (χ1) is 16.1. The van der Waals surface area contributed by atoms with Gasteiger partial charge in [0.15, 0.2) is 0 Å². The van der Waals surface area contributed by atoms with Crippen molar-refractivity contribution in [2.24, 2.45) is 5.92 Å². The normalized spacial score (nSPS) is 16.4. The van der Waals surface area contributed by atoms with Crippen molar-refractivity contribution in [3.63, 3.8) is 0 Å². The number of fused-ring (bicyclic) bond motifs is 2. The van der Waals surface area contributed by atoms with Crippen LogP contribution in [0.15, 0.2) is 54.7 Å². The van der Waals surface area contributed by atoms with Gasteiger partial charge in [-0.15, -0.1) is 0 Å². The third-order valence-electron chi connectivity index (χ3n) is 6.61. The highest BCUT2D eigenvalue weighted by molar-refractivity contribution is 5.92. The van der Waals surface area contributed by atoms with Crippen molar-refractivity contribution in [3.8, 4) is 0 Å². The summed E-state index contributed by atoms with van der Waals surface area (Å²) in [7, 11) is 0. The van der Waals surface area contributed by atoms with E-state index in [1.54, 1.807) is 0 Å². The maximum atomic E-state index is 13.2. The molecule has 6 heteroatoms. The summed E-state index contributed by atoms with van der Waals surface area (Å²) in [5, 5.41) is 4.34. The van der Waals surface area contributed by atoms with Crippen LogP contribution < -0.4 is 10.2 Å². The molecule has 170 valence electrons. The van der Waals surface area contributed by atoms with E-state index in [9.17, 15) is 4.79 Å². The van der Waals surface area contributed by atoms with Gasteiger partial charge in [0.2, 0.25) is 5.91 Å². The Labute approximate surface area is 194 Å². The molecule has 5 rings (SSSR count). The van der Waals surface area contributed by atoms with Crippen LogP contribution in [0.25, 0.3) is 21.9 Å². The highest BCUT2D eigenvalue weighted by atomic mass is 16.1. The molecule has 2 aromatic heterocycles. The molecule has 4 aromatic rings. The topological polar surface area (TPSA) is 63.1 Å². The first-order valence-electron chi connectivity index (χ1n) is 12.0. The third kappa shape index (κ3) is 4.30. The SMILES string of the molecule is CCCn1c(CNC(=O)C2CCCN(c3ccnc4ccc(C)cc34)C2)nc2ccccc21. The van der Waals surface area contributed by atoms with Crippen LogP contribution in [-0.2, 0) is 17.9 Å². The zero-order valence-corrected chi connectivity index (χ0v) is 19.4. The van der Waals surface area contributed by atoms with E-state index < -0.39 is 0 Å². The van der Waals surface area contributed by atoms with E-state index >= 15 is 0 Å². The number of hydrogen-bond acceptors (Lipinski definition) is 4. The number of nitrogens with zero attached hydrogens (tertiary/aromatic N) is 4. The molecule has 2 aromatic carbocycles. The molecule has 1 N–H and O–H groups in total. The molecule has 1 atom stereocenters. The van der Waals surface area contributed by atoms with E-state index in [1.165, 1.54) is 11.3 Å². The Balaban J connectivity index is 1.31. The van der Waals surface area contributed by atoms with Crippen LogP contribution >= 0.6 is 0 Å². The molecule has 0 aliphatic carbocycles. The summed E-state index contributed by atoms with van der Waals surface area (Å²) >= 11 is 0. The predicted molar refractivity (Wildman–Crippen MR) is 133 cm³/mol. The molecule has 1 aliphatic heterocycles. The van der Waals surface area contributed by atoms with Crippen LogP contribution in [-0.4, -0.2) is 33.5 Å². The number of rotatable bonds is 6. The van der Waals surface area contributed by atoms with E-state index in [-0.39, 0.29) is 11.8 Å². The van der Waals surface area contributed by atoms with Gasteiger partial charge in [0.25, 0.3) is 0 Å². The Bertz CT molecular complexity index is 1290. The number of imidazole rings is 1. The van der Waals surface area contributed by atoms with Gasteiger partial charge in [0.1, 0.15) is 5.82 Å². The predicted octanol–water partition coefficient (Wildman–Crippen LogP) is 4.84. The number of nitrogens with one attached hydrogen (secondary N) is 1. The van der Waals surface area contributed by atoms with E-state index in [1.807, 2.05) is 24.4 Å². The molecular formula is C27H31N5O. The number of anilines is 1. The fourth-order valence-corrected chi connectivity index (χ4v) is 4.98. The second-order valence-corrected chi connectivity index (χ2v) is 9.02. The Kier molecular flexibility index (Phi) is 5.99. The Morgan fingerprint density at radius 1 is 1.15 bits per heavy atom. The van der Waals surface area contributed by atoms with Gasteiger partial charge in [-0.3, -0.25) is 9.78 Å². The maximum Gasteiger partial charge on any atom is 0.225 e. The molecule has 6 nitrogen and oxygen atoms in total. The lowest BCUT2D eigenvalue weighted by Crippen LogP contribution is -2.43. The second-order valence-electron chi connectivity index (χ2n) is 9.02. The number of para-hydroxylation sites is 2. The minimum atomic E-state index is -0.0317. The number of hydrogen-bond donors (Lipinski definition) is 1. The fourth-order valence-electron chi connectivity index (χ4n) is 4.98. The second kappa shape index (κ2) is 9.22. The molecule has 1 saturated heterocycles. The number of carbonyl (C=O) groups is 1. The van der Waals surface area contributed by atoms with E-state index in [2.05, 4.69) is 63.9 Å². The van der Waals surface area contributed by atoms with Gasteiger partial charge in [0.05, 0.1) is 29.0 Å². The third-order valence-corrected chi connectivity index (χ3v) is 6.61. The average molecular weight is 442 g/mol. The van der Waals surface area contributed by atoms with Gasteiger partial charge in [0, 0.05) is 36.9 Å². The summed E-state index contributed by atoms with van der Waals surface area (Å²) < 4.78 is 2.23. The molecule has 1 unspecified atom stereocenters. The van der Waals surface area contributed by atoms with Crippen LogP contribution in [0.5, 0.6) is 0 Å². The van der Waals surface area contributed by atoms with Crippen molar-refractivity contribution in [2.75, 3.05) is 18.0 Å². The molecular weight excluding hydrogens is 410 g/mol. The molecule has 3 heterocycles. The van der Waals surface area contributed by atoms with Crippen molar-refractivity contribution in [1.82, 2.24) is 19.9 Å². The van der Waals surface area contributed by atoms with Crippen molar-refractivity contribution < 1.29 is 4.79 Å². The lowest BCUT2D eigenvalue weighted by Gasteiger charge is -2.34. The van der Waals surface area contributed by atoms with Crippen molar-refractivity contribution in [3.05, 3.63) is 66.1 Å². The van der Waals surface area contributed by atoms with Crippen molar-refractivity contribution in [1.29, 1.82) is 0 Å². The number of pyridine rings is 1. The molecule has 1 amide bonds. The fraction of sp³-hybridized carbons (Fsp3) is 0.370. The number of carbonyl (C=O) groups excluding carboxylic acids is 1. The highest BCUT2D eigenvalue weighted by Crippen LogP contribution is 2.30. The van der Waals surface area contributed by atoms with Gasteiger partial charge >= 0.3 is 0 Å². The minimum absolute atomic E-state index is 0.0317. The summed E-state index contributed by atoms with van der Waals surface area (Å²) in [5.41, 5.74) is 5.51. The first-order valence-corrected chi connectivity index (χ1v) is 12.0. The van der Waals surface area contributed by atoms with Gasteiger partial charge < -0.3 is 14.8 Å². The van der Waals surface area contributed by atoms with Crippen LogP contribution in [0, 0.1) is 12.8 Å². The maximum absolute atomic E-state index is 13.2. The lowest BCUT2D eigenvalue weighted by molar-refractivity contribution is -0.125. The van der Waals surface area contributed by atoms with Gasteiger partial charge in [-0.2, -0.15) is 0 Å². The van der Waals surface area contributed by atoms with Crippen LogP contribution in [0.2, 0.25) is 0 Å². The van der Waals surface area contributed by atoms with Gasteiger partial charge in [-0.25, -0.2) is 4.98 Å². The number of aryl methyl sites for hydroxylation is 2. The number of benzene rings is 2. The van der Waals surface area contributed by atoms with E-state index in [0.717, 1.165) is 66.7 Å². The standard InChI is InChI=1S/C27H31N5O/c1-3-14-32-25-9-5-4-8-23(25)30-26(32)17-29-27(33)20-7-6-15-31(18-20)24-12-13-28-22-11-10-19(2)16-21(22)24/h4-5,8-13,16,20H,3,6-7,14-15,17-18H2,1-2H3,(H,29,33). The smallest absolute Gasteiger partial charge is 0.225 e. The number of aromatic nitrogens is 3. The summed E-state index contributed by atoms with van der Waals surface area (Å²) in [6.07, 6.45) is 4.81. The lowest BCUT2D eigenvalue weighted by atomic mass is 9.96. The van der Waals surface area contributed by atoms with Crippen LogP contribution in [0.4, 0.5) is 5.69 Å². The zero-order valence-electron chi connectivity index (χ0n) is 19.4. The molecule has 0 radical (unpaired) electrons. The molecule has 1 aliphatic rings. The van der Waals surface area contributed by atoms with Gasteiger partial charge in [-0.05, 0) is 56.5 Å². The summed E-state index contributed by atoms with van der Waals surface area (Å²) in [4.78, 5) is 24.8. The zero-order chi connectivity index (χ0) is 22.8. The monoisotopic (exact) mass is 441 g/mol. The molecule has 0 bridgehead atoms. The van der Waals surface area contributed by atoms with Gasteiger partial charge in [-0.1, -0.05) is 30.7 Å². The number of piperidine rings is 1. The van der Waals surface area contributed by atoms with E-state index in [0.29, 0.717) is 6.54 Å². The molecule has 0 saturated carbocycles.